The highest BCUT2D eigenvalue weighted by molar-refractivity contribution is 5.83. The molecule has 0 spiro atoms. The van der Waals surface area contributed by atoms with Gasteiger partial charge in [0.15, 0.2) is 5.76 Å². The fourth-order valence-corrected chi connectivity index (χ4v) is 2.42. The molecule has 1 aromatic heterocycles. The third kappa shape index (κ3) is 2.81. The van der Waals surface area contributed by atoms with Crippen LogP contribution in [-0.4, -0.2) is 28.6 Å². The molecule has 1 fully saturated rings. The molecule has 2 rings (SSSR count). The highest BCUT2D eigenvalue weighted by atomic mass is 16.5. The smallest absolute Gasteiger partial charge is 0.240 e. The number of nitrogens with zero attached hydrogens (tertiary/aromatic N) is 2. The van der Waals surface area contributed by atoms with E-state index in [2.05, 4.69) is 5.16 Å². The summed E-state index contributed by atoms with van der Waals surface area (Å²) in [5, 5.41) is 3.90. The lowest BCUT2D eigenvalue weighted by Crippen LogP contribution is -2.50. The number of hydrogen-bond donors (Lipinski definition) is 1. The molecular weight excluding hydrogens is 242 g/mol. The average Bonchev–Trinajstić information content (AvgIpc) is 2.93. The van der Waals surface area contributed by atoms with Crippen molar-refractivity contribution in [2.45, 2.75) is 52.6 Å². The van der Waals surface area contributed by atoms with Crippen LogP contribution in [0.25, 0.3) is 0 Å². The Bertz CT molecular complexity index is 462. The molecule has 1 saturated heterocycles. The van der Waals surface area contributed by atoms with E-state index in [1.54, 1.807) is 0 Å². The summed E-state index contributed by atoms with van der Waals surface area (Å²) in [6.45, 7) is 8.58. The first-order valence-corrected chi connectivity index (χ1v) is 6.80. The average molecular weight is 265 g/mol. The Morgan fingerprint density at radius 2 is 2.26 bits per heavy atom. The number of aromatic nitrogens is 1. The second kappa shape index (κ2) is 4.96. The maximum atomic E-state index is 12.5. The lowest BCUT2D eigenvalue weighted by atomic mass is 9.86. The Morgan fingerprint density at radius 1 is 1.58 bits per heavy atom. The minimum Gasteiger partial charge on any atom is -0.359 e. The van der Waals surface area contributed by atoms with Crippen molar-refractivity contribution in [1.29, 1.82) is 0 Å². The summed E-state index contributed by atoms with van der Waals surface area (Å²) >= 11 is 0. The number of likely N-dealkylation sites (tertiary alicyclic amines) is 1. The zero-order valence-electron chi connectivity index (χ0n) is 12.1. The topological polar surface area (TPSA) is 72.4 Å². The Balaban J connectivity index is 2.17. The number of rotatable bonds is 2. The number of amides is 1. The van der Waals surface area contributed by atoms with E-state index in [0.29, 0.717) is 0 Å². The second-order valence-electron chi connectivity index (χ2n) is 6.40. The molecule has 2 atom stereocenters. The predicted octanol–water partition coefficient (Wildman–Crippen LogP) is 2.02. The monoisotopic (exact) mass is 265 g/mol. The largest absolute Gasteiger partial charge is 0.359 e. The minimum absolute atomic E-state index is 0.00375. The third-order valence-electron chi connectivity index (χ3n) is 3.71. The van der Waals surface area contributed by atoms with E-state index in [9.17, 15) is 4.79 Å². The molecule has 2 N–H and O–H groups in total. The van der Waals surface area contributed by atoms with Crippen LogP contribution in [0.4, 0.5) is 0 Å². The molecule has 0 saturated carbocycles. The highest BCUT2D eigenvalue weighted by Gasteiger charge is 2.38. The number of nitrogens with two attached hydrogens (primary N) is 1. The molecule has 1 aliphatic heterocycles. The van der Waals surface area contributed by atoms with Gasteiger partial charge in [-0.1, -0.05) is 25.9 Å². The fourth-order valence-electron chi connectivity index (χ4n) is 2.42. The van der Waals surface area contributed by atoms with Crippen LogP contribution in [0.2, 0.25) is 0 Å². The maximum Gasteiger partial charge on any atom is 0.240 e. The third-order valence-corrected chi connectivity index (χ3v) is 3.71. The van der Waals surface area contributed by atoms with Crippen molar-refractivity contribution in [2.24, 2.45) is 11.1 Å². The van der Waals surface area contributed by atoms with E-state index in [-0.39, 0.29) is 17.4 Å². The lowest BCUT2D eigenvalue weighted by Gasteiger charge is -2.32. The zero-order valence-corrected chi connectivity index (χ0v) is 12.1. The molecule has 1 aromatic rings. The Kier molecular flexibility index (Phi) is 3.67. The molecule has 1 amide bonds. The molecule has 19 heavy (non-hydrogen) atoms. The molecule has 1 aliphatic rings. The van der Waals surface area contributed by atoms with Crippen LogP contribution in [0, 0.1) is 12.3 Å². The minimum atomic E-state index is -0.489. The van der Waals surface area contributed by atoms with Crippen LogP contribution in [0.1, 0.15) is 51.1 Å². The van der Waals surface area contributed by atoms with Crippen molar-refractivity contribution >= 4 is 5.91 Å². The quantitative estimate of drug-likeness (QED) is 0.888. The van der Waals surface area contributed by atoms with Crippen LogP contribution >= 0.6 is 0 Å². The van der Waals surface area contributed by atoms with Gasteiger partial charge in [-0.25, -0.2) is 0 Å². The van der Waals surface area contributed by atoms with Gasteiger partial charge in [-0.05, 0) is 25.2 Å². The summed E-state index contributed by atoms with van der Waals surface area (Å²) in [4.78, 5) is 14.4. The van der Waals surface area contributed by atoms with E-state index in [1.807, 2.05) is 38.7 Å². The van der Waals surface area contributed by atoms with Gasteiger partial charge < -0.3 is 15.2 Å². The highest BCUT2D eigenvalue weighted by Crippen LogP contribution is 2.34. The van der Waals surface area contributed by atoms with Gasteiger partial charge in [-0.3, -0.25) is 4.79 Å². The van der Waals surface area contributed by atoms with Crippen LogP contribution in [-0.2, 0) is 4.79 Å². The van der Waals surface area contributed by atoms with E-state index in [1.165, 1.54) is 0 Å². The number of hydrogen-bond acceptors (Lipinski definition) is 4. The first-order valence-electron chi connectivity index (χ1n) is 6.80. The second-order valence-corrected chi connectivity index (χ2v) is 6.40. The molecule has 5 nitrogen and oxygen atoms in total. The predicted molar refractivity (Wildman–Crippen MR) is 72.4 cm³/mol. The van der Waals surface area contributed by atoms with Gasteiger partial charge >= 0.3 is 0 Å². The fraction of sp³-hybridized carbons (Fsp3) is 0.714. The van der Waals surface area contributed by atoms with Gasteiger partial charge in [0.1, 0.15) is 0 Å². The number of carbonyl (C=O) groups is 1. The SMILES string of the molecule is Cc1cc(C2CCCN2C(=O)[C@@H](N)C(C)(C)C)on1. The summed E-state index contributed by atoms with van der Waals surface area (Å²) in [7, 11) is 0. The molecular formula is C14H23N3O2. The first-order chi connectivity index (χ1) is 8.80. The van der Waals surface area contributed by atoms with Gasteiger partial charge in [0, 0.05) is 12.6 Å². The van der Waals surface area contributed by atoms with Gasteiger partial charge in [0.2, 0.25) is 5.91 Å². The van der Waals surface area contributed by atoms with Crippen LogP contribution < -0.4 is 5.73 Å². The molecule has 0 radical (unpaired) electrons. The number of aryl methyl sites for hydroxylation is 1. The van der Waals surface area contributed by atoms with Crippen LogP contribution in [0.3, 0.4) is 0 Å². The molecule has 0 aliphatic carbocycles. The zero-order chi connectivity index (χ0) is 14.2. The van der Waals surface area contributed by atoms with Crippen molar-refractivity contribution in [3.8, 4) is 0 Å². The Hall–Kier alpha value is -1.36. The van der Waals surface area contributed by atoms with E-state index < -0.39 is 6.04 Å². The summed E-state index contributed by atoms with van der Waals surface area (Å²) in [5.41, 5.74) is 6.69. The van der Waals surface area contributed by atoms with E-state index >= 15 is 0 Å². The summed E-state index contributed by atoms with van der Waals surface area (Å²) in [5.74, 6) is 0.772. The van der Waals surface area contributed by atoms with Crippen LogP contribution in [0.15, 0.2) is 10.6 Å². The summed E-state index contributed by atoms with van der Waals surface area (Å²) < 4.78 is 5.31. The Labute approximate surface area is 114 Å². The summed E-state index contributed by atoms with van der Waals surface area (Å²) in [6.07, 6.45) is 1.89. The van der Waals surface area contributed by atoms with Crippen molar-refractivity contribution in [3.05, 3.63) is 17.5 Å². The summed E-state index contributed by atoms with van der Waals surface area (Å²) in [6, 6.07) is 1.40. The van der Waals surface area contributed by atoms with E-state index in [4.69, 9.17) is 10.3 Å². The molecule has 0 bridgehead atoms. The normalized spacial score (nSPS) is 21.7. The van der Waals surface area contributed by atoms with Gasteiger partial charge in [0.05, 0.1) is 17.8 Å². The van der Waals surface area contributed by atoms with Crippen molar-refractivity contribution in [1.82, 2.24) is 10.1 Å². The van der Waals surface area contributed by atoms with Crippen molar-refractivity contribution < 1.29 is 9.32 Å². The van der Waals surface area contributed by atoms with Crippen LogP contribution in [0.5, 0.6) is 0 Å². The molecule has 1 unspecified atom stereocenters. The number of carbonyl (C=O) groups excluding carboxylic acids is 1. The molecule has 106 valence electrons. The molecule has 0 aromatic carbocycles. The molecule has 2 heterocycles. The van der Waals surface area contributed by atoms with Gasteiger partial charge in [-0.15, -0.1) is 0 Å². The van der Waals surface area contributed by atoms with Gasteiger partial charge in [-0.2, -0.15) is 0 Å². The van der Waals surface area contributed by atoms with E-state index in [0.717, 1.165) is 30.8 Å². The molecule has 5 heteroatoms. The lowest BCUT2D eigenvalue weighted by molar-refractivity contribution is -0.136. The Morgan fingerprint density at radius 3 is 2.79 bits per heavy atom. The van der Waals surface area contributed by atoms with Gasteiger partial charge in [0.25, 0.3) is 0 Å². The standard InChI is InChI=1S/C14H23N3O2/c1-9-8-11(19-16-9)10-6-5-7-17(10)13(18)12(15)14(2,3)4/h8,10,12H,5-7,15H2,1-4H3/t10?,12-/m1/s1. The van der Waals surface area contributed by atoms with Crippen molar-refractivity contribution in [3.63, 3.8) is 0 Å². The maximum absolute atomic E-state index is 12.5. The van der Waals surface area contributed by atoms with Crippen molar-refractivity contribution in [2.75, 3.05) is 6.54 Å². The first kappa shape index (κ1) is 14.1.